The lowest BCUT2D eigenvalue weighted by Gasteiger charge is -2.44. The van der Waals surface area contributed by atoms with Crippen LogP contribution in [-0.2, 0) is 4.79 Å². The van der Waals surface area contributed by atoms with Crippen molar-refractivity contribution in [1.29, 1.82) is 0 Å². The van der Waals surface area contributed by atoms with Gasteiger partial charge in [0.2, 0.25) is 0 Å². The largest absolute Gasteiger partial charge is 0.481 e. The van der Waals surface area contributed by atoms with E-state index in [1.165, 1.54) is 6.42 Å². The lowest BCUT2D eigenvalue weighted by molar-refractivity contribution is -0.157. The highest BCUT2D eigenvalue weighted by molar-refractivity contribution is 5.76. The van der Waals surface area contributed by atoms with Crippen molar-refractivity contribution < 1.29 is 9.90 Å². The van der Waals surface area contributed by atoms with E-state index in [4.69, 9.17) is 5.73 Å². The van der Waals surface area contributed by atoms with Crippen molar-refractivity contribution in [1.82, 2.24) is 4.90 Å². The van der Waals surface area contributed by atoms with Gasteiger partial charge in [0.25, 0.3) is 0 Å². The maximum Gasteiger partial charge on any atom is 0.309 e. The minimum absolute atomic E-state index is 0.104. The Kier molecular flexibility index (Phi) is 2.73. The number of rotatable bonds is 3. The number of nitrogens with two attached hydrogens (primary N) is 1. The van der Waals surface area contributed by atoms with Crippen LogP contribution in [0.3, 0.4) is 0 Å². The zero-order valence-corrected chi connectivity index (χ0v) is 9.28. The first-order chi connectivity index (χ1) is 7.03. The number of carboxylic acids is 1. The average Bonchev–Trinajstić information content (AvgIpc) is 2.48. The van der Waals surface area contributed by atoms with Gasteiger partial charge in [-0.05, 0) is 45.7 Å². The second kappa shape index (κ2) is 3.76. The van der Waals surface area contributed by atoms with Gasteiger partial charge in [0.05, 0.1) is 5.41 Å². The molecule has 1 aliphatic carbocycles. The molecule has 86 valence electrons. The molecule has 4 heteroatoms. The lowest BCUT2D eigenvalue weighted by atomic mass is 9.62. The number of nitrogens with zero attached hydrogens (tertiary/aromatic N) is 1. The molecule has 15 heavy (non-hydrogen) atoms. The summed E-state index contributed by atoms with van der Waals surface area (Å²) in [7, 11) is 2.09. The summed E-state index contributed by atoms with van der Waals surface area (Å²) < 4.78 is 0. The highest BCUT2D eigenvalue weighted by atomic mass is 16.4. The normalized spacial score (nSPS) is 41.5. The van der Waals surface area contributed by atoms with Crippen LogP contribution in [0.4, 0.5) is 0 Å². The lowest BCUT2D eigenvalue weighted by Crippen LogP contribution is -2.53. The fourth-order valence-electron chi connectivity index (χ4n) is 3.06. The van der Waals surface area contributed by atoms with Crippen molar-refractivity contribution in [3.8, 4) is 0 Å². The molecular weight excluding hydrogens is 192 g/mol. The second-order valence-electron chi connectivity index (χ2n) is 5.23. The fourth-order valence-corrected chi connectivity index (χ4v) is 3.06. The number of aliphatic carboxylic acids is 1. The molecule has 0 spiro atoms. The number of hydrogen-bond donors (Lipinski definition) is 2. The molecule has 0 aromatic rings. The van der Waals surface area contributed by atoms with Gasteiger partial charge in [-0.2, -0.15) is 0 Å². The summed E-state index contributed by atoms with van der Waals surface area (Å²) in [4.78, 5) is 13.6. The van der Waals surface area contributed by atoms with Crippen LogP contribution < -0.4 is 5.73 Å². The third kappa shape index (κ3) is 1.88. The molecule has 4 nitrogen and oxygen atoms in total. The molecule has 1 atom stereocenters. The van der Waals surface area contributed by atoms with Crippen LogP contribution in [0.5, 0.6) is 0 Å². The van der Waals surface area contributed by atoms with Crippen LogP contribution in [0, 0.1) is 5.41 Å². The molecule has 0 bridgehead atoms. The summed E-state index contributed by atoms with van der Waals surface area (Å²) in [6.45, 7) is 1.10. The molecule has 1 saturated heterocycles. The van der Waals surface area contributed by atoms with Crippen molar-refractivity contribution in [3.63, 3.8) is 0 Å². The van der Waals surface area contributed by atoms with Gasteiger partial charge in [0.1, 0.15) is 0 Å². The monoisotopic (exact) mass is 212 g/mol. The second-order valence-corrected chi connectivity index (χ2v) is 5.23. The van der Waals surface area contributed by atoms with Crippen molar-refractivity contribution in [2.45, 2.75) is 44.2 Å². The summed E-state index contributed by atoms with van der Waals surface area (Å²) in [5.41, 5.74) is 5.21. The van der Waals surface area contributed by atoms with E-state index >= 15 is 0 Å². The number of likely N-dealkylation sites (tertiary alicyclic amines) is 1. The summed E-state index contributed by atoms with van der Waals surface area (Å²) in [6.07, 6.45) is 4.44. The minimum atomic E-state index is -0.649. The number of carbonyl (C=O) groups is 1. The molecule has 2 rings (SSSR count). The number of hydrogen-bond acceptors (Lipinski definition) is 3. The molecular formula is C11H20N2O2. The molecule has 0 amide bonds. The summed E-state index contributed by atoms with van der Waals surface area (Å²) in [6, 6.07) is 0.557. The topological polar surface area (TPSA) is 66.6 Å². The molecule has 1 heterocycles. The van der Waals surface area contributed by atoms with E-state index in [-0.39, 0.29) is 6.04 Å². The van der Waals surface area contributed by atoms with E-state index in [1.54, 1.807) is 0 Å². The molecule has 0 aromatic carbocycles. The van der Waals surface area contributed by atoms with E-state index in [0.29, 0.717) is 18.9 Å². The maximum absolute atomic E-state index is 11.3. The van der Waals surface area contributed by atoms with Crippen LogP contribution >= 0.6 is 0 Å². The van der Waals surface area contributed by atoms with E-state index in [2.05, 4.69) is 11.9 Å². The van der Waals surface area contributed by atoms with Gasteiger partial charge in [-0.25, -0.2) is 0 Å². The minimum Gasteiger partial charge on any atom is -0.481 e. The van der Waals surface area contributed by atoms with Crippen molar-refractivity contribution in [3.05, 3.63) is 0 Å². The van der Waals surface area contributed by atoms with Crippen LogP contribution in [-0.4, -0.2) is 41.7 Å². The van der Waals surface area contributed by atoms with Gasteiger partial charge < -0.3 is 15.7 Å². The Morgan fingerprint density at radius 2 is 2.27 bits per heavy atom. The SMILES string of the molecule is CN1CCCC1CC1(C(=O)O)CC(N)C1. The van der Waals surface area contributed by atoms with Crippen molar-refractivity contribution in [2.75, 3.05) is 13.6 Å². The number of carboxylic acid groups (broad SMARTS) is 1. The van der Waals surface area contributed by atoms with E-state index in [0.717, 1.165) is 19.4 Å². The Morgan fingerprint density at radius 1 is 1.60 bits per heavy atom. The standard InChI is InChI=1S/C11H20N2O2/c1-13-4-2-3-9(13)7-11(10(14)15)5-8(12)6-11/h8-9H,2-7,12H2,1H3,(H,14,15). The van der Waals surface area contributed by atoms with Crippen molar-refractivity contribution >= 4 is 5.97 Å². The predicted octanol–water partition coefficient (Wildman–Crippen LogP) is 0.663. The summed E-state index contributed by atoms with van der Waals surface area (Å²) in [5, 5.41) is 9.27. The molecule has 1 saturated carbocycles. The third-order valence-corrected chi connectivity index (χ3v) is 4.06. The maximum atomic E-state index is 11.3. The van der Waals surface area contributed by atoms with Crippen LogP contribution in [0.25, 0.3) is 0 Å². The van der Waals surface area contributed by atoms with Gasteiger partial charge in [-0.15, -0.1) is 0 Å². The smallest absolute Gasteiger partial charge is 0.309 e. The third-order valence-electron chi connectivity index (χ3n) is 4.06. The predicted molar refractivity (Wildman–Crippen MR) is 57.5 cm³/mol. The highest BCUT2D eigenvalue weighted by Gasteiger charge is 2.50. The molecule has 3 N–H and O–H groups in total. The summed E-state index contributed by atoms with van der Waals surface area (Å²) in [5.74, 6) is -0.649. The Hall–Kier alpha value is -0.610. The van der Waals surface area contributed by atoms with Gasteiger partial charge in [-0.3, -0.25) is 4.79 Å². The van der Waals surface area contributed by atoms with Gasteiger partial charge in [0.15, 0.2) is 0 Å². The quantitative estimate of drug-likeness (QED) is 0.721. The zero-order chi connectivity index (χ0) is 11.1. The zero-order valence-electron chi connectivity index (χ0n) is 9.28. The molecule has 2 aliphatic rings. The first-order valence-corrected chi connectivity index (χ1v) is 5.73. The van der Waals surface area contributed by atoms with Crippen LogP contribution in [0.1, 0.15) is 32.1 Å². The van der Waals surface area contributed by atoms with Crippen LogP contribution in [0.15, 0.2) is 0 Å². The molecule has 1 aliphatic heterocycles. The van der Waals surface area contributed by atoms with Gasteiger partial charge in [0, 0.05) is 12.1 Å². The van der Waals surface area contributed by atoms with Crippen molar-refractivity contribution in [2.24, 2.45) is 11.1 Å². The first-order valence-electron chi connectivity index (χ1n) is 5.73. The van der Waals surface area contributed by atoms with E-state index < -0.39 is 11.4 Å². The molecule has 2 fully saturated rings. The van der Waals surface area contributed by atoms with Gasteiger partial charge >= 0.3 is 5.97 Å². The van der Waals surface area contributed by atoms with E-state index in [1.807, 2.05) is 0 Å². The fraction of sp³-hybridized carbons (Fsp3) is 0.909. The van der Waals surface area contributed by atoms with Crippen LogP contribution in [0.2, 0.25) is 0 Å². The van der Waals surface area contributed by atoms with E-state index in [9.17, 15) is 9.90 Å². The Morgan fingerprint density at radius 3 is 2.67 bits per heavy atom. The Balaban J connectivity index is 1.99. The van der Waals surface area contributed by atoms with Gasteiger partial charge in [-0.1, -0.05) is 0 Å². The molecule has 1 unspecified atom stereocenters. The molecule has 0 aromatic heterocycles. The summed E-state index contributed by atoms with van der Waals surface area (Å²) >= 11 is 0. The Labute approximate surface area is 90.4 Å². The average molecular weight is 212 g/mol. The Bertz CT molecular complexity index is 261. The first kappa shape index (κ1) is 10.9. The molecule has 0 radical (unpaired) electrons. The highest BCUT2D eigenvalue weighted by Crippen LogP contribution is 2.46.